The molecule has 5 heteroatoms. The minimum Gasteiger partial charge on any atom is -0.207 e. The van der Waals surface area contributed by atoms with Crippen LogP contribution in [0.25, 0.3) is 0 Å². The van der Waals surface area contributed by atoms with Crippen molar-refractivity contribution in [1.29, 1.82) is 0 Å². The van der Waals surface area contributed by atoms with Crippen molar-refractivity contribution >= 4 is 21.4 Å². The van der Waals surface area contributed by atoms with Crippen LogP contribution in [-0.4, -0.2) is 19.3 Å². The molecule has 0 amide bonds. The Hall–Kier alpha value is -1.17. The Morgan fingerprint density at radius 2 is 1.91 bits per heavy atom. The lowest BCUT2D eigenvalue weighted by molar-refractivity contribution is 0.333. The van der Waals surface area contributed by atoms with Crippen LogP contribution in [0.15, 0.2) is 40.6 Å². The molecule has 3 rings (SSSR count). The van der Waals surface area contributed by atoms with Crippen LogP contribution >= 0.6 is 11.3 Å². The highest BCUT2D eigenvalue weighted by Gasteiger charge is 2.33. The maximum atomic E-state index is 13.2. The maximum Gasteiger partial charge on any atom is 0.243 e. The highest BCUT2D eigenvalue weighted by atomic mass is 32.2. The number of aryl methyl sites for hydroxylation is 2. The quantitative estimate of drug-likeness (QED) is 0.807. The van der Waals surface area contributed by atoms with E-state index in [1.165, 1.54) is 0 Å². The normalized spacial score (nSPS) is 20.3. The molecule has 0 spiro atoms. The van der Waals surface area contributed by atoms with Gasteiger partial charge in [0.05, 0.1) is 10.9 Å². The first-order chi connectivity index (χ1) is 11.0. The van der Waals surface area contributed by atoms with Crippen molar-refractivity contribution in [3.8, 4) is 0 Å². The van der Waals surface area contributed by atoms with E-state index in [1.807, 2.05) is 31.4 Å². The van der Waals surface area contributed by atoms with Crippen LogP contribution in [0.1, 0.15) is 47.7 Å². The van der Waals surface area contributed by atoms with Gasteiger partial charge in [-0.2, -0.15) is 4.31 Å². The molecule has 1 fully saturated rings. The number of benzene rings is 1. The average Bonchev–Trinajstić information content (AvgIpc) is 2.93. The predicted octanol–water partition coefficient (Wildman–Crippen LogP) is 4.67. The van der Waals surface area contributed by atoms with Crippen LogP contribution in [-0.2, 0) is 10.0 Å². The largest absolute Gasteiger partial charge is 0.243 e. The van der Waals surface area contributed by atoms with Crippen LogP contribution in [0.3, 0.4) is 0 Å². The third-order valence-corrected chi connectivity index (χ3v) is 7.54. The number of sulfonamides is 1. The smallest absolute Gasteiger partial charge is 0.207 e. The Morgan fingerprint density at radius 3 is 2.61 bits per heavy atom. The van der Waals surface area contributed by atoms with Crippen LogP contribution in [0.2, 0.25) is 0 Å². The fourth-order valence-corrected chi connectivity index (χ4v) is 5.84. The second-order valence-corrected chi connectivity index (χ2v) is 9.11. The van der Waals surface area contributed by atoms with Gasteiger partial charge in [-0.25, -0.2) is 8.42 Å². The maximum absolute atomic E-state index is 13.2. The summed E-state index contributed by atoms with van der Waals surface area (Å²) in [6.45, 7) is 4.58. The van der Waals surface area contributed by atoms with Crippen molar-refractivity contribution in [3.05, 3.63) is 51.7 Å². The molecule has 1 aliphatic heterocycles. The lowest BCUT2D eigenvalue weighted by Gasteiger charge is -2.28. The molecule has 0 radical (unpaired) electrons. The minimum absolute atomic E-state index is 0.0240. The van der Waals surface area contributed by atoms with E-state index in [0.29, 0.717) is 11.4 Å². The minimum atomic E-state index is -3.46. The molecule has 0 aliphatic carbocycles. The van der Waals surface area contributed by atoms with Gasteiger partial charge in [0.25, 0.3) is 0 Å². The summed E-state index contributed by atoms with van der Waals surface area (Å²) in [6.07, 6.45) is 4.03. The van der Waals surface area contributed by atoms with E-state index >= 15 is 0 Å². The van der Waals surface area contributed by atoms with E-state index in [0.717, 1.165) is 41.7 Å². The fourth-order valence-electron chi connectivity index (χ4n) is 3.14. The average molecular weight is 350 g/mol. The Balaban J connectivity index is 2.02. The van der Waals surface area contributed by atoms with Crippen molar-refractivity contribution < 1.29 is 8.42 Å². The molecular weight excluding hydrogens is 326 g/mol. The zero-order chi connectivity index (χ0) is 16.4. The fraction of sp³-hybridized carbons (Fsp3) is 0.444. The van der Waals surface area contributed by atoms with Crippen LogP contribution in [0.4, 0.5) is 0 Å². The van der Waals surface area contributed by atoms with E-state index in [2.05, 4.69) is 6.07 Å². The first-order valence-electron chi connectivity index (χ1n) is 8.12. The van der Waals surface area contributed by atoms with Gasteiger partial charge in [-0.3, -0.25) is 0 Å². The molecular formula is C18H23NO2S2. The van der Waals surface area contributed by atoms with E-state index in [-0.39, 0.29) is 6.04 Å². The summed E-state index contributed by atoms with van der Waals surface area (Å²) in [4.78, 5) is 1.57. The number of thiophene rings is 1. The second kappa shape index (κ2) is 6.75. The van der Waals surface area contributed by atoms with Crippen LogP contribution < -0.4 is 0 Å². The van der Waals surface area contributed by atoms with Gasteiger partial charge >= 0.3 is 0 Å². The predicted molar refractivity (Wildman–Crippen MR) is 95.3 cm³/mol. The molecule has 1 saturated heterocycles. The first-order valence-corrected chi connectivity index (χ1v) is 10.4. The van der Waals surface area contributed by atoms with Gasteiger partial charge in [0, 0.05) is 11.4 Å². The molecule has 1 aromatic carbocycles. The lowest BCUT2D eigenvalue weighted by Crippen LogP contribution is -2.34. The monoisotopic (exact) mass is 349 g/mol. The summed E-state index contributed by atoms with van der Waals surface area (Å²) in [7, 11) is -3.46. The zero-order valence-electron chi connectivity index (χ0n) is 13.7. The number of hydrogen-bond donors (Lipinski definition) is 0. The summed E-state index contributed by atoms with van der Waals surface area (Å²) in [5.41, 5.74) is 2.14. The third kappa shape index (κ3) is 3.37. The Labute approximate surface area is 143 Å². The van der Waals surface area contributed by atoms with Crippen molar-refractivity contribution in [3.63, 3.8) is 0 Å². The Bertz CT molecular complexity index is 766. The van der Waals surface area contributed by atoms with Gasteiger partial charge in [-0.15, -0.1) is 11.3 Å². The Morgan fingerprint density at radius 1 is 1.09 bits per heavy atom. The standard InChI is InChI=1S/C18H23NO2S2/c1-14-9-10-16(13-15(14)2)23(20,21)19-11-5-3-4-7-17(19)18-8-6-12-22-18/h6,8-10,12-13,17H,3-5,7,11H2,1-2H3/t17-/m1/s1. The molecule has 124 valence electrons. The third-order valence-electron chi connectivity index (χ3n) is 4.66. The molecule has 2 heterocycles. The van der Waals surface area contributed by atoms with E-state index in [4.69, 9.17) is 0 Å². The first kappa shape index (κ1) is 16.7. The van der Waals surface area contributed by atoms with Gasteiger partial charge in [0.15, 0.2) is 0 Å². The molecule has 2 aromatic rings. The number of rotatable bonds is 3. The summed E-state index contributed by atoms with van der Waals surface area (Å²) in [6, 6.07) is 9.49. The van der Waals surface area contributed by atoms with Gasteiger partial charge in [-0.1, -0.05) is 25.0 Å². The van der Waals surface area contributed by atoms with Crippen molar-refractivity contribution in [2.75, 3.05) is 6.54 Å². The number of nitrogens with zero attached hydrogens (tertiary/aromatic N) is 1. The highest BCUT2D eigenvalue weighted by molar-refractivity contribution is 7.89. The Kier molecular flexibility index (Phi) is 4.90. The molecule has 1 aliphatic rings. The van der Waals surface area contributed by atoms with Gasteiger partial charge < -0.3 is 0 Å². The van der Waals surface area contributed by atoms with E-state index in [1.54, 1.807) is 27.8 Å². The molecule has 1 atom stereocenters. The van der Waals surface area contributed by atoms with E-state index in [9.17, 15) is 8.42 Å². The van der Waals surface area contributed by atoms with Crippen LogP contribution in [0, 0.1) is 13.8 Å². The molecule has 0 saturated carbocycles. The molecule has 0 unspecified atom stereocenters. The molecule has 0 N–H and O–H groups in total. The molecule has 1 aromatic heterocycles. The topological polar surface area (TPSA) is 37.4 Å². The summed E-state index contributed by atoms with van der Waals surface area (Å²) in [5, 5.41) is 2.03. The summed E-state index contributed by atoms with van der Waals surface area (Å²) in [5.74, 6) is 0. The summed E-state index contributed by atoms with van der Waals surface area (Å²) < 4.78 is 28.2. The second-order valence-electron chi connectivity index (χ2n) is 6.24. The summed E-state index contributed by atoms with van der Waals surface area (Å²) >= 11 is 1.65. The zero-order valence-corrected chi connectivity index (χ0v) is 15.3. The lowest BCUT2D eigenvalue weighted by atomic mass is 10.1. The van der Waals surface area contributed by atoms with Crippen molar-refractivity contribution in [2.24, 2.45) is 0 Å². The SMILES string of the molecule is Cc1ccc(S(=O)(=O)N2CCCCC[C@@H]2c2cccs2)cc1C. The highest BCUT2D eigenvalue weighted by Crippen LogP contribution is 2.36. The number of hydrogen-bond acceptors (Lipinski definition) is 3. The van der Waals surface area contributed by atoms with Crippen molar-refractivity contribution in [2.45, 2.75) is 50.5 Å². The molecule has 3 nitrogen and oxygen atoms in total. The van der Waals surface area contributed by atoms with Gasteiger partial charge in [0.2, 0.25) is 10.0 Å². The van der Waals surface area contributed by atoms with E-state index < -0.39 is 10.0 Å². The van der Waals surface area contributed by atoms with Gasteiger partial charge in [-0.05, 0) is 61.4 Å². The molecule has 0 bridgehead atoms. The van der Waals surface area contributed by atoms with Gasteiger partial charge in [0.1, 0.15) is 0 Å². The van der Waals surface area contributed by atoms with Crippen LogP contribution in [0.5, 0.6) is 0 Å². The van der Waals surface area contributed by atoms with Crippen molar-refractivity contribution in [1.82, 2.24) is 4.31 Å². The molecule has 23 heavy (non-hydrogen) atoms.